The van der Waals surface area contributed by atoms with Gasteiger partial charge in [-0.25, -0.2) is 0 Å². The van der Waals surface area contributed by atoms with Crippen molar-refractivity contribution in [3.05, 3.63) is 34.9 Å². The Hall–Kier alpha value is -0.300. The zero-order valence-corrected chi connectivity index (χ0v) is 10.0. The number of rotatable bonds is 4. The summed E-state index contributed by atoms with van der Waals surface area (Å²) >= 11 is 3.46. The first kappa shape index (κ1) is 10.8. The molecule has 0 aliphatic rings. The molecule has 0 heterocycles. The Morgan fingerprint density at radius 3 is 2.62 bits per heavy atom. The molecule has 0 atom stereocenters. The molecule has 0 bridgehead atoms. The summed E-state index contributed by atoms with van der Waals surface area (Å²) in [6.45, 7) is 4.41. The van der Waals surface area contributed by atoms with Crippen LogP contribution in [0.4, 0.5) is 0 Å². The standard InChI is InChI=1S/C12H17Br/c1-3-11-6-7-12(5-4-8-13)10(2)9-11/h6-7,9H,3-5,8H2,1-2H3. The van der Waals surface area contributed by atoms with Crippen LogP contribution in [0.1, 0.15) is 30.0 Å². The van der Waals surface area contributed by atoms with E-state index in [9.17, 15) is 0 Å². The van der Waals surface area contributed by atoms with E-state index >= 15 is 0 Å². The SMILES string of the molecule is CCc1ccc(CCCBr)c(C)c1. The number of hydrogen-bond donors (Lipinski definition) is 0. The summed E-state index contributed by atoms with van der Waals surface area (Å²) < 4.78 is 0. The molecule has 1 aromatic carbocycles. The molecule has 0 saturated heterocycles. The highest BCUT2D eigenvalue weighted by Crippen LogP contribution is 2.13. The predicted molar refractivity (Wildman–Crippen MR) is 62.7 cm³/mol. The van der Waals surface area contributed by atoms with E-state index in [0.29, 0.717) is 0 Å². The predicted octanol–water partition coefficient (Wildman–Crippen LogP) is 3.88. The number of halogens is 1. The molecule has 0 saturated carbocycles. The Morgan fingerprint density at radius 1 is 1.31 bits per heavy atom. The molecule has 1 heteroatoms. The minimum absolute atomic E-state index is 1.10. The fraction of sp³-hybridized carbons (Fsp3) is 0.500. The highest BCUT2D eigenvalue weighted by molar-refractivity contribution is 9.09. The summed E-state index contributed by atoms with van der Waals surface area (Å²) in [4.78, 5) is 0. The molecule has 0 amide bonds. The van der Waals surface area contributed by atoms with Crippen molar-refractivity contribution in [1.82, 2.24) is 0 Å². The Balaban J connectivity index is 2.73. The van der Waals surface area contributed by atoms with Gasteiger partial charge < -0.3 is 0 Å². The van der Waals surface area contributed by atoms with Crippen molar-refractivity contribution >= 4 is 15.9 Å². The van der Waals surface area contributed by atoms with Crippen LogP contribution in [0, 0.1) is 6.92 Å². The second-order valence-corrected chi connectivity index (χ2v) is 4.20. The van der Waals surface area contributed by atoms with Crippen molar-refractivity contribution in [1.29, 1.82) is 0 Å². The van der Waals surface area contributed by atoms with E-state index in [1.54, 1.807) is 0 Å². The van der Waals surface area contributed by atoms with Crippen LogP contribution in [0.2, 0.25) is 0 Å². The van der Waals surface area contributed by atoms with Gasteiger partial charge in [0.05, 0.1) is 0 Å². The van der Waals surface area contributed by atoms with Gasteiger partial charge in [0, 0.05) is 5.33 Å². The van der Waals surface area contributed by atoms with E-state index in [1.807, 2.05) is 0 Å². The van der Waals surface area contributed by atoms with Crippen LogP contribution in [0.5, 0.6) is 0 Å². The van der Waals surface area contributed by atoms with Gasteiger partial charge in [0.2, 0.25) is 0 Å². The third-order valence-corrected chi connectivity index (χ3v) is 2.96. The average molecular weight is 241 g/mol. The molecule has 0 aliphatic carbocycles. The van der Waals surface area contributed by atoms with E-state index in [1.165, 1.54) is 29.5 Å². The lowest BCUT2D eigenvalue weighted by atomic mass is 10.0. The fourth-order valence-corrected chi connectivity index (χ4v) is 1.80. The summed E-state index contributed by atoms with van der Waals surface area (Å²) in [6, 6.07) is 6.83. The van der Waals surface area contributed by atoms with Crippen LogP contribution in [0.25, 0.3) is 0 Å². The lowest BCUT2D eigenvalue weighted by molar-refractivity contribution is 0.926. The topological polar surface area (TPSA) is 0 Å². The Bertz CT molecular complexity index is 266. The quantitative estimate of drug-likeness (QED) is 0.701. The van der Waals surface area contributed by atoms with Crippen LogP contribution in [0.15, 0.2) is 18.2 Å². The first-order valence-corrected chi connectivity index (χ1v) is 6.04. The summed E-state index contributed by atoms with van der Waals surface area (Å²) in [5, 5.41) is 1.10. The van der Waals surface area contributed by atoms with E-state index in [-0.39, 0.29) is 0 Å². The van der Waals surface area contributed by atoms with Crippen molar-refractivity contribution in [3.8, 4) is 0 Å². The van der Waals surface area contributed by atoms with Gasteiger partial charge in [-0.05, 0) is 42.9 Å². The lowest BCUT2D eigenvalue weighted by Crippen LogP contribution is -1.92. The van der Waals surface area contributed by atoms with Crippen molar-refractivity contribution in [2.75, 3.05) is 5.33 Å². The summed E-state index contributed by atoms with van der Waals surface area (Å²) in [5.41, 5.74) is 4.39. The van der Waals surface area contributed by atoms with Crippen molar-refractivity contribution in [2.24, 2.45) is 0 Å². The molecule has 72 valence electrons. The van der Waals surface area contributed by atoms with Gasteiger partial charge in [0.25, 0.3) is 0 Å². The molecule has 0 radical (unpaired) electrons. The van der Waals surface area contributed by atoms with E-state index in [0.717, 1.165) is 11.8 Å². The lowest BCUT2D eigenvalue weighted by Gasteiger charge is -2.06. The molecule has 1 aromatic rings. The highest BCUT2D eigenvalue weighted by atomic mass is 79.9. The maximum absolute atomic E-state index is 3.46. The molecule has 0 aliphatic heterocycles. The number of benzene rings is 1. The number of aryl methyl sites for hydroxylation is 3. The minimum Gasteiger partial charge on any atom is -0.0928 e. The highest BCUT2D eigenvalue weighted by Gasteiger charge is 1.98. The minimum atomic E-state index is 1.10. The molecule has 0 spiro atoms. The van der Waals surface area contributed by atoms with Gasteiger partial charge in [-0.15, -0.1) is 0 Å². The summed E-state index contributed by atoms with van der Waals surface area (Å²) in [7, 11) is 0. The fourth-order valence-electron chi connectivity index (χ4n) is 1.52. The van der Waals surface area contributed by atoms with Crippen LogP contribution in [0.3, 0.4) is 0 Å². The number of alkyl halides is 1. The molecular formula is C12H17Br. The zero-order chi connectivity index (χ0) is 9.68. The van der Waals surface area contributed by atoms with Gasteiger partial charge in [-0.3, -0.25) is 0 Å². The van der Waals surface area contributed by atoms with Gasteiger partial charge in [0.1, 0.15) is 0 Å². The first-order valence-electron chi connectivity index (χ1n) is 4.92. The molecule has 0 unspecified atom stereocenters. The smallest absolute Gasteiger partial charge is 0.00344 e. The van der Waals surface area contributed by atoms with Crippen molar-refractivity contribution in [2.45, 2.75) is 33.1 Å². The molecule has 1 rings (SSSR count). The van der Waals surface area contributed by atoms with E-state index < -0.39 is 0 Å². The molecule has 0 aromatic heterocycles. The first-order chi connectivity index (χ1) is 6.27. The zero-order valence-electron chi connectivity index (χ0n) is 8.44. The van der Waals surface area contributed by atoms with Crippen LogP contribution in [-0.2, 0) is 12.8 Å². The molecule has 0 N–H and O–H groups in total. The van der Waals surface area contributed by atoms with Crippen LogP contribution in [-0.4, -0.2) is 5.33 Å². The Morgan fingerprint density at radius 2 is 2.08 bits per heavy atom. The molecule has 0 nitrogen and oxygen atoms in total. The van der Waals surface area contributed by atoms with Crippen molar-refractivity contribution < 1.29 is 0 Å². The average Bonchev–Trinajstić information content (AvgIpc) is 2.16. The Kier molecular flexibility index (Phi) is 4.51. The van der Waals surface area contributed by atoms with Crippen LogP contribution < -0.4 is 0 Å². The molecule has 0 fully saturated rings. The van der Waals surface area contributed by atoms with Gasteiger partial charge in [-0.1, -0.05) is 41.1 Å². The third-order valence-electron chi connectivity index (χ3n) is 2.39. The largest absolute Gasteiger partial charge is 0.0928 e. The number of hydrogen-bond acceptors (Lipinski definition) is 0. The summed E-state index contributed by atoms with van der Waals surface area (Å²) in [6.07, 6.45) is 3.56. The van der Waals surface area contributed by atoms with Crippen molar-refractivity contribution in [3.63, 3.8) is 0 Å². The van der Waals surface area contributed by atoms with Gasteiger partial charge >= 0.3 is 0 Å². The monoisotopic (exact) mass is 240 g/mol. The molecular weight excluding hydrogens is 224 g/mol. The second kappa shape index (κ2) is 5.43. The van der Waals surface area contributed by atoms with Gasteiger partial charge in [-0.2, -0.15) is 0 Å². The van der Waals surface area contributed by atoms with Crippen LogP contribution >= 0.6 is 15.9 Å². The maximum Gasteiger partial charge on any atom is 0.00344 e. The Labute approximate surface area is 89.5 Å². The van der Waals surface area contributed by atoms with E-state index in [2.05, 4.69) is 48.0 Å². The van der Waals surface area contributed by atoms with E-state index in [4.69, 9.17) is 0 Å². The molecule has 13 heavy (non-hydrogen) atoms. The summed E-state index contributed by atoms with van der Waals surface area (Å²) in [5.74, 6) is 0. The third kappa shape index (κ3) is 3.15. The normalized spacial score (nSPS) is 10.4. The maximum atomic E-state index is 3.46. The van der Waals surface area contributed by atoms with Gasteiger partial charge in [0.15, 0.2) is 0 Å². The second-order valence-electron chi connectivity index (χ2n) is 3.41.